The van der Waals surface area contributed by atoms with Gasteiger partial charge in [-0.1, -0.05) is 56.0 Å². The van der Waals surface area contributed by atoms with Crippen molar-refractivity contribution in [3.8, 4) is 5.75 Å². The van der Waals surface area contributed by atoms with Crippen molar-refractivity contribution in [3.63, 3.8) is 0 Å². The molecule has 2 heterocycles. The van der Waals surface area contributed by atoms with E-state index >= 15 is 0 Å². The molecular weight excluding hydrogens is 482 g/mol. The van der Waals surface area contributed by atoms with E-state index in [0.717, 1.165) is 66.4 Å². The fourth-order valence-electron chi connectivity index (χ4n) is 4.17. The van der Waals surface area contributed by atoms with Gasteiger partial charge < -0.3 is 9.64 Å². The molecule has 0 bridgehead atoms. The summed E-state index contributed by atoms with van der Waals surface area (Å²) in [4.78, 5) is 31.8. The maximum atomic E-state index is 13.0. The summed E-state index contributed by atoms with van der Waals surface area (Å²) >= 11 is 7.13. The van der Waals surface area contributed by atoms with Crippen LogP contribution in [-0.2, 0) is 4.79 Å². The van der Waals surface area contributed by atoms with Crippen molar-refractivity contribution in [2.45, 2.75) is 32.6 Å². The van der Waals surface area contributed by atoms with E-state index in [-0.39, 0.29) is 11.1 Å². The zero-order valence-electron chi connectivity index (χ0n) is 20.1. The van der Waals surface area contributed by atoms with Crippen LogP contribution in [0.2, 0.25) is 5.02 Å². The van der Waals surface area contributed by atoms with Crippen molar-refractivity contribution in [2.24, 2.45) is 0 Å². The molecular formula is C27H32ClN3O3S. The van der Waals surface area contributed by atoms with E-state index in [2.05, 4.69) is 22.8 Å². The number of benzene rings is 2. The summed E-state index contributed by atoms with van der Waals surface area (Å²) in [5, 5.41) is 0.504. The molecule has 0 atom stereocenters. The van der Waals surface area contributed by atoms with Crippen LogP contribution in [0.25, 0.3) is 6.08 Å². The first kappa shape index (κ1) is 25.6. The predicted molar refractivity (Wildman–Crippen MR) is 144 cm³/mol. The van der Waals surface area contributed by atoms with Gasteiger partial charge in [-0.2, -0.15) is 0 Å². The number of hydrogen-bond donors (Lipinski definition) is 0. The first-order valence-corrected chi connectivity index (χ1v) is 13.4. The Morgan fingerprint density at radius 2 is 1.77 bits per heavy atom. The predicted octanol–water partition coefficient (Wildman–Crippen LogP) is 6.12. The molecule has 0 radical (unpaired) electrons. The number of halogens is 1. The van der Waals surface area contributed by atoms with E-state index < -0.39 is 0 Å². The molecule has 0 N–H and O–H groups in total. The van der Waals surface area contributed by atoms with Gasteiger partial charge in [0.15, 0.2) is 0 Å². The monoisotopic (exact) mass is 513 g/mol. The van der Waals surface area contributed by atoms with Crippen molar-refractivity contribution in [1.82, 2.24) is 9.80 Å². The molecule has 0 aromatic heterocycles. The molecule has 0 unspecified atom stereocenters. The van der Waals surface area contributed by atoms with Crippen LogP contribution in [0.4, 0.5) is 10.5 Å². The molecule has 2 aromatic rings. The normalized spacial score (nSPS) is 18.1. The quantitative estimate of drug-likeness (QED) is 0.282. The number of piperazine rings is 1. The second-order valence-electron chi connectivity index (χ2n) is 8.81. The average Bonchev–Trinajstić information content (AvgIpc) is 3.12. The smallest absolute Gasteiger partial charge is 0.294 e. The van der Waals surface area contributed by atoms with Crippen LogP contribution < -0.4 is 9.64 Å². The van der Waals surface area contributed by atoms with Gasteiger partial charge in [0.25, 0.3) is 11.1 Å². The van der Waals surface area contributed by atoms with Crippen molar-refractivity contribution in [2.75, 3.05) is 44.4 Å². The Hall–Kier alpha value is -2.48. The average molecular weight is 514 g/mol. The van der Waals surface area contributed by atoms with E-state index in [4.69, 9.17) is 16.3 Å². The number of ether oxygens (including phenoxy) is 1. The van der Waals surface area contributed by atoms with Crippen LogP contribution in [0.5, 0.6) is 5.75 Å². The second kappa shape index (κ2) is 12.5. The summed E-state index contributed by atoms with van der Waals surface area (Å²) in [6.45, 7) is 6.40. The molecule has 2 saturated heterocycles. The zero-order chi connectivity index (χ0) is 24.6. The number of amides is 2. The standard InChI is InChI=1S/C27H32ClN3O3S/c1-2-3-4-5-17-34-24-11-9-21(10-12-24)18-25-26(32)31(27(33)35-25)20-29-13-15-30(16-14-29)23-8-6-7-22(28)19-23/h6-12,18-19H,2-5,13-17,20H2,1H3/b25-18+. The third kappa shape index (κ3) is 7.03. The first-order chi connectivity index (χ1) is 17.0. The molecule has 2 aromatic carbocycles. The lowest BCUT2D eigenvalue weighted by Crippen LogP contribution is -2.50. The molecule has 186 valence electrons. The van der Waals surface area contributed by atoms with E-state index in [1.54, 1.807) is 6.08 Å². The number of imide groups is 1. The van der Waals surface area contributed by atoms with E-state index in [1.165, 1.54) is 24.2 Å². The highest BCUT2D eigenvalue weighted by Crippen LogP contribution is 2.33. The molecule has 0 saturated carbocycles. The molecule has 0 aliphatic carbocycles. The molecule has 2 aliphatic heterocycles. The van der Waals surface area contributed by atoms with Gasteiger partial charge >= 0.3 is 0 Å². The van der Waals surface area contributed by atoms with Crippen molar-refractivity contribution in [1.29, 1.82) is 0 Å². The van der Waals surface area contributed by atoms with Gasteiger partial charge in [-0.15, -0.1) is 0 Å². The summed E-state index contributed by atoms with van der Waals surface area (Å²) in [7, 11) is 0. The second-order valence-corrected chi connectivity index (χ2v) is 10.2. The highest BCUT2D eigenvalue weighted by atomic mass is 35.5. The highest BCUT2D eigenvalue weighted by molar-refractivity contribution is 8.18. The van der Waals surface area contributed by atoms with Crippen molar-refractivity contribution >= 4 is 46.3 Å². The fraction of sp³-hybridized carbons (Fsp3) is 0.407. The molecule has 8 heteroatoms. The molecule has 0 spiro atoms. The Morgan fingerprint density at radius 1 is 1.00 bits per heavy atom. The Kier molecular flexibility index (Phi) is 9.12. The van der Waals surface area contributed by atoms with E-state index in [9.17, 15) is 9.59 Å². The maximum absolute atomic E-state index is 13.0. The minimum absolute atomic E-state index is 0.217. The number of carbonyl (C=O) groups excluding carboxylic acids is 2. The molecule has 2 fully saturated rings. The third-order valence-electron chi connectivity index (χ3n) is 6.21. The molecule has 6 nitrogen and oxygen atoms in total. The number of anilines is 1. The fourth-order valence-corrected chi connectivity index (χ4v) is 5.19. The van der Waals surface area contributed by atoms with Crippen LogP contribution in [0, 0.1) is 0 Å². The summed E-state index contributed by atoms with van der Waals surface area (Å²) in [6.07, 6.45) is 6.46. The minimum Gasteiger partial charge on any atom is -0.494 e. The largest absolute Gasteiger partial charge is 0.494 e. The lowest BCUT2D eigenvalue weighted by molar-refractivity contribution is -0.124. The maximum Gasteiger partial charge on any atom is 0.294 e. The Balaban J connectivity index is 1.28. The van der Waals surface area contributed by atoms with Gasteiger partial charge in [0.2, 0.25) is 0 Å². The van der Waals surface area contributed by atoms with Crippen LogP contribution >= 0.6 is 23.4 Å². The van der Waals surface area contributed by atoms with Crippen molar-refractivity contribution < 1.29 is 14.3 Å². The van der Waals surface area contributed by atoms with Crippen LogP contribution in [0.1, 0.15) is 38.2 Å². The summed E-state index contributed by atoms with van der Waals surface area (Å²) in [5.41, 5.74) is 1.98. The Morgan fingerprint density at radius 3 is 2.49 bits per heavy atom. The van der Waals surface area contributed by atoms with Crippen LogP contribution in [-0.4, -0.2) is 60.4 Å². The Bertz CT molecular complexity index is 1050. The van der Waals surface area contributed by atoms with E-state index in [0.29, 0.717) is 18.2 Å². The van der Waals surface area contributed by atoms with Crippen molar-refractivity contribution in [3.05, 3.63) is 64.0 Å². The van der Waals surface area contributed by atoms with Gasteiger partial charge in [0, 0.05) is 36.9 Å². The van der Waals surface area contributed by atoms with Gasteiger partial charge in [-0.3, -0.25) is 19.4 Å². The first-order valence-electron chi connectivity index (χ1n) is 12.2. The summed E-state index contributed by atoms with van der Waals surface area (Å²) in [5.74, 6) is 0.595. The number of unbranched alkanes of at least 4 members (excludes halogenated alkanes) is 3. The van der Waals surface area contributed by atoms with Gasteiger partial charge in [0.1, 0.15) is 5.75 Å². The molecule has 4 rings (SSSR count). The van der Waals surface area contributed by atoms with Gasteiger partial charge in [-0.05, 0) is 60.2 Å². The number of thioether (sulfide) groups is 1. The lowest BCUT2D eigenvalue weighted by Gasteiger charge is -2.37. The molecule has 2 amide bonds. The minimum atomic E-state index is -0.228. The zero-order valence-corrected chi connectivity index (χ0v) is 21.7. The number of rotatable bonds is 10. The van der Waals surface area contributed by atoms with Crippen LogP contribution in [0.15, 0.2) is 53.4 Å². The van der Waals surface area contributed by atoms with E-state index in [1.807, 2.05) is 42.5 Å². The Labute approximate surface area is 216 Å². The third-order valence-corrected chi connectivity index (χ3v) is 7.35. The molecule has 35 heavy (non-hydrogen) atoms. The van der Waals surface area contributed by atoms with Gasteiger partial charge in [0.05, 0.1) is 18.2 Å². The highest BCUT2D eigenvalue weighted by Gasteiger charge is 2.36. The lowest BCUT2D eigenvalue weighted by atomic mass is 10.2. The summed E-state index contributed by atoms with van der Waals surface area (Å²) in [6, 6.07) is 15.5. The number of carbonyl (C=O) groups is 2. The SMILES string of the molecule is CCCCCCOc1ccc(/C=C2/SC(=O)N(CN3CCN(c4cccc(Cl)c4)CC3)C2=O)cc1. The van der Waals surface area contributed by atoms with Gasteiger partial charge in [-0.25, -0.2) is 0 Å². The number of hydrogen-bond acceptors (Lipinski definition) is 6. The number of nitrogens with zero attached hydrogens (tertiary/aromatic N) is 3. The topological polar surface area (TPSA) is 53.1 Å². The molecule has 2 aliphatic rings. The summed E-state index contributed by atoms with van der Waals surface area (Å²) < 4.78 is 5.79. The van der Waals surface area contributed by atoms with Crippen LogP contribution in [0.3, 0.4) is 0 Å².